The number of para-hydroxylation sites is 1. The van der Waals surface area contributed by atoms with Gasteiger partial charge in [-0.2, -0.15) is 9.97 Å². The van der Waals surface area contributed by atoms with Crippen molar-refractivity contribution in [1.82, 2.24) is 19.9 Å². The number of rotatable bonds is 5. The molecule has 0 atom stereocenters. The summed E-state index contributed by atoms with van der Waals surface area (Å²) in [5.74, 6) is 0.599. The molecule has 29 heavy (non-hydrogen) atoms. The van der Waals surface area contributed by atoms with E-state index in [2.05, 4.69) is 25.3 Å². The van der Waals surface area contributed by atoms with Gasteiger partial charge in [0.2, 0.25) is 5.95 Å². The SMILES string of the molecule is Cc1nc(NCc2cccc(F)c2)nc(-c2c(C)[nH]c3c(C(N)=O)cccc23)n1. The van der Waals surface area contributed by atoms with Gasteiger partial charge in [-0.3, -0.25) is 4.79 Å². The fourth-order valence-electron chi connectivity index (χ4n) is 3.34. The third-order valence-corrected chi connectivity index (χ3v) is 4.60. The highest BCUT2D eigenvalue weighted by Crippen LogP contribution is 2.32. The number of nitrogens with two attached hydrogens (primary N) is 1. The van der Waals surface area contributed by atoms with Crippen LogP contribution < -0.4 is 11.1 Å². The number of primary amides is 1. The lowest BCUT2D eigenvalue weighted by Gasteiger charge is -2.08. The molecule has 8 heteroatoms. The average molecular weight is 390 g/mol. The van der Waals surface area contributed by atoms with Gasteiger partial charge in [-0.05, 0) is 37.6 Å². The molecular formula is C21H19FN6O. The summed E-state index contributed by atoms with van der Waals surface area (Å²) in [4.78, 5) is 28.3. The topological polar surface area (TPSA) is 110 Å². The van der Waals surface area contributed by atoms with E-state index in [4.69, 9.17) is 5.73 Å². The molecule has 0 saturated heterocycles. The lowest BCUT2D eigenvalue weighted by Crippen LogP contribution is -2.11. The molecule has 0 spiro atoms. The number of benzene rings is 2. The summed E-state index contributed by atoms with van der Waals surface area (Å²) in [5, 5.41) is 3.92. The van der Waals surface area contributed by atoms with Gasteiger partial charge in [0.15, 0.2) is 5.82 Å². The molecule has 0 unspecified atom stereocenters. The molecule has 2 aromatic heterocycles. The minimum absolute atomic E-state index is 0.295. The Morgan fingerprint density at radius 2 is 1.93 bits per heavy atom. The van der Waals surface area contributed by atoms with Gasteiger partial charge in [-0.25, -0.2) is 9.37 Å². The Kier molecular flexibility index (Phi) is 4.67. The smallest absolute Gasteiger partial charge is 0.250 e. The summed E-state index contributed by atoms with van der Waals surface area (Å²) < 4.78 is 13.4. The van der Waals surface area contributed by atoms with Crippen molar-refractivity contribution in [2.45, 2.75) is 20.4 Å². The number of aryl methyl sites for hydroxylation is 2. The molecule has 4 rings (SSSR count). The Hall–Kier alpha value is -3.81. The molecule has 146 valence electrons. The predicted octanol–water partition coefficient (Wildman–Crippen LogP) is 3.49. The summed E-state index contributed by atoms with van der Waals surface area (Å²) in [6.45, 7) is 4.04. The number of hydrogen-bond donors (Lipinski definition) is 3. The van der Waals surface area contributed by atoms with Crippen LogP contribution in [-0.4, -0.2) is 25.8 Å². The van der Waals surface area contributed by atoms with E-state index in [1.165, 1.54) is 12.1 Å². The Morgan fingerprint density at radius 3 is 2.69 bits per heavy atom. The molecule has 0 bridgehead atoms. The second-order valence-corrected chi connectivity index (χ2v) is 6.73. The van der Waals surface area contributed by atoms with Gasteiger partial charge in [-0.15, -0.1) is 0 Å². The van der Waals surface area contributed by atoms with Crippen LogP contribution in [-0.2, 0) is 6.54 Å². The number of nitrogens with zero attached hydrogens (tertiary/aromatic N) is 3. The van der Waals surface area contributed by atoms with E-state index in [9.17, 15) is 9.18 Å². The van der Waals surface area contributed by atoms with Crippen LogP contribution in [0.5, 0.6) is 0 Å². The number of carbonyl (C=O) groups excluding carboxylic acids is 1. The molecule has 1 amide bonds. The number of nitrogens with one attached hydrogen (secondary N) is 2. The van der Waals surface area contributed by atoms with Gasteiger partial charge in [0.05, 0.1) is 11.1 Å². The van der Waals surface area contributed by atoms with Gasteiger partial charge in [-0.1, -0.05) is 24.3 Å². The fraction of sp³-hybridized carbons (Fsp3) is 0.143. The normalized spacial score (nSPS) is 11.0. The zero-order chi connectivity index (χ0) is 20.5. The predicted molar refractivity (Wildman–Crippen MR) is 109 cm³/mol. The highest BCUT2D eigenvalue weighted by atomic mass is 19.1. The minimum Gasteiger partial charge on any atom is -0.366 e. The van der Waals surface area contributed by atoms with Gasteiger partial charge in [0.25, 0.3) is 5.91 Å². The summed E-state index contributed by atoms with van der Waals surface area (Å²) in [5.41, 5.74) is 8.93. The molecule has 0 aliphatic rings. The van der Waals surface area contributed by atoms with E-state index in [1.54, 1.807) is 25.1 Å². The maximum atomic E-state index is 13.4. The molecule has 0 fully saturated rings. The zero-order valence-electron chi connectivity index (χ0n) is 16.0. The van der Waals surface area contributed by atoms with Crippen LogP contribution in [0.4, 0.5) is 10.3 Å². The van der Waals surface area contributed by atoms with Crippen molar-refractivity contribution in [3.63, 3.8) is 0 Å². The number of hydrogen-bond acceptors (Lipinski definition) is 5. The first-order valence-electron chi connectivity index (χ1n) is 9.05. The van der Waals surface area contributed by atoms with Crippen LogP contribution in [0.2, 0.25) is 0 Å². The number of aromatic amines is 1. The number of halogens is 1. The van der Waals surface area contributed by atoms with E-state index in [-0.39, 0.29) is 5.82 Å². The van der Waals surface area contributed by atoms with E-state index >= 15 is 0 Å². The molecule has 0 saturated carbocycles. The summed E-state index contributed by atoms with van der Waals surface area (Å²) in [6, 6.07) is 11.7. The first-order chi connectivity index (χ1) is 13.9. The van der Waals surface area contributed by atoms with E-state index in [0.29, 0.717) is 35.2 Å². The molecule has 2 heterocycles. The maximum absolute atomic E-state index is 13.4. The van der Waals surface area contributed by atoms with Crippen molar-refractivity contribution in [1.29, 1.82) is 0 Å². The maximum Gasteiger partial charge on any atom is 0.250 e. The first kappa shape index (κ1) is 18.5. The third kappa shape index (κ3) is 3.64. The Balaban J connectivity index is 1.73. The molecular weight excluding hydrogens is 371 g/mol. The van der Waals surface area contributed by atoms with E-state index in [1.807, 2.05) is 19.1 Å². The van der Waals surface area contributed by atoms with Crippen LogP contribution in [0.1, 0.15) is 27.4 Å². The monoisotopic (exact) mass is 390 g/mol. The minimum atomic E-state index is -0.507. The first-order valence-corrected chi connectivity index (χ1v) is 9.05. The van der Waals surface area contributed by atoms with Crippen LogP contribution in [0.15, 0.2) is 42.5 Å². The Bertz CT molecular complexity index is 1230. The van der Waals surface area contributed by atoms with Crippen molar-refractivity contribution in [2.24, 2.45) is 5.73 Å². The quantitative estimate of drug-likeness (QED) is 0.483. The van der Waals surface area contributed by atoms with Crippen LogP contribution in [0.3, 0.4) is 0 Å². The van der Waals surface area contributed by atoms with Gasteiger partial charge < -0.3 is 16.0 Å². The van der Waals surface area contributed by atoms with E-state index in [0.717, 1.165) is 22.2 Å². The van der Waals surface area contributed by atoms with Crippen molar-refractivity contribution >= 4 is 22.8 Å². The largest absolute Gasteiger partial charge is 0.366 e. The summed E-state index contributed by atoms with van der Waals surface area (Å²) in [7, 11) is 0. The molecule has 7 nitrogen and oxygen atoms in total. The Labute approximate surface area is 166 Å². The summed E-state index contributed by atoms with van der Waals surface area (Å²) >= 11 is 0. The molecule has 0 aliphatic heterocycles. The number of aromatic nitrogens is 4. The standard InChI is InChI=1S/C21H19FN6O/c1-11-17(15-7-4-8-16(19(23)29)18(15)25-11)20-26-12(2)27-21(28-20)24-10-13-5-3-6-14(22)9-13/h3-9,25H,10H2,1-2H3,(H2,23,29)(H,24,26,27,28). The highest BCUT2D eigenvalue weighted by molar-refractivity contribution is 6.09. The average Bonchev–Trinajstić information content (AvgIpc) is 3.01. The third-order valence-electron chi connectivity index (χ3n) is 4.60. The number of carbonyl (C=O) groups is 1. The van der Waals surface area contributed by atoms with Gasteiger partial charge in [0, 0.05) is 23.2 Å². The lowest BCUT2D eigenvalue weighted by atomic mass is 10.1. The van der Waals surface area contributed by atoms with Crippen molar-refractivity contribution in [3.05, 3.63) is 70.9 Å². The molecule has 2 aromatic carbocycles. The molecule has 0 radical (unpaired) electrons. The second-order valence-electron chi connectivity index (χ2n) is 6.73. The molecule has 4 aromatic rings. The van der Waals surface area contributed by atoms with Crippen LogP contribution in [0, 0.1) is 19.7 Å². The zero-order valence-corrected chi connectivity index (χ0v) is 16.0. The fourth-order valence-corrected chi connectivity index (χ4v) is 3.34. The molecule has 0 aliphatic carbocycles. The number of anilines is 1. The van der Waals surface area contributed by atoms with Crippen LogP contribution in [0.25, 0.3) is 22.3 Å². The van der Waals surface area contributed by atoms with Gasteiger partial charge >= 0.3 is 0 Å². The van der Waals surface area contributed by atoms with Crippen LogP contribution >= 0.6 is 0 Å². The lowest BCUT2D eigenvalue weighted by molar-refractivity contribution is 0.100. The second kappa shape index (κ2) is 7.31. The number of fused-ring (bicyclic) bond motifs is 1. The molecule has 4 N–H and O–H groups in total. The van der Waals surface area contributed by atoms with Crippen molar-refractivity contribution < 1.29 is 9.18 Å². The number of H-pyrrole nitrogens is 1. The Morgan fingerprint density at radius 1 is 1.14 bits per heavy atom. The van der Waals surface area contributed by atoms with Crippen molar-refractivity contribution in [3.8, 4) is 11.4 Å². The van der Waals surface area contributed by atoms with Crippen molar-refractivity contribution in [2.75, 3.05) is 5.32 Å². The highest BCUT2D eigenvalue weighted by Gasteiger charge is 2.18. The number of amides is 1. The van der Waals surface area contributed by atoms with E-state index < -0.39 is 5.91 Å². The summed E-state index contributed by atoms with van der Waals surface area (Å²) in [6.07, 6.45) is 0. The van der Waals surface area contributed by atoms with Gasteiger partial charge in [0.1, 0.15) is 11.6 Å².